The van der Waals surface area contributed by atoms with Gasteiger partial charge in [0.25, 0.3) is 0 Å². The highest BCUT2D eigenvalue weighted by molar-refractivity contribution is 6.17. The van der Waals surface area contributed by atoms with E-state index in [2.05, 4.69) is 48.8 Å². The van der Waals surface area contributed by atoms with E-state index >= 15 is 0 Å². The third kappa shape index (κ3) is 5.37. The Morgan fingerprint density at radius 2 is 1.95 bits per heavy atom. The van der Waals surface area contributed by atoms with Crippen molar-refractivity contribution in [1.82, 2.24) is 9.88 Å². The molecule has 0 aromatic carbocycles. The number of hydrogen-bond donors (Lipinski definition) is 0. The molecule has 3 nitrogen and oxygen atoms in total. The Bertz CT molecular complexity index is 391. The molecule has 1 aromatic rings. The van der Waals surface area contributed by atoms with Crippen molar-refractivity contribution in [3.05, 3.63) is 23.5 Å². The monoisotopic (exact) mass is 283 g/mol. The molecule has 1 aromatic heterocycles. The number of halogens is 1. The van der Waals surface area contributed by atoms with Gasteiger partial charge in [0, 0.05) is 42.8 Å². The third-order valence-corrected chi connectivity index (χ3v) is 3.27. The molecule has 1 heterocycles. The molecule has 0 fully saturated rings. The van der Waals surface area contributed by atoms with Gasteiger partial charge < -0.3 is 9.80 Å². The lowest BCUT2D eigenvalue weighted by Crippen LogP contribution is -2.35. The molecule has 0 bridgehead atoms. The minimum atomic E-state index is 0.513. The minimum Gasteiger partial charge on any atom is -0.370 e. The zero-order chi connectivity index (χ0) is 14.4. The largest absolute Gasteiger partial charge is 0.370 e. The van der Waals surface area contributed by atoms with Crippen LogP contribution in [0.25, 0.3) is 0 Å². The van der Waals surface area contributed by atoms with Crippen LogP contribution in [0.3, 0.4) is 0 Å². The lowest BCUT2D eigenvalue weighted by atomic mass is 10.1. The van der Waals surface area contributed by atoms with E-state index in [-0.39, 0.29) is 0 Å². The van der Waals surface area contributed by atoms with Crippen LogP contribution in [0.15, 0.2) is 12.3 Å². The molecule has 108 valence electrons. The molecule has 0 unspecified atom stereocenters. The highest BCUT2D eigenvalue weighted by atomic mass is 35.5. The molecule has 1 rings (SSSR count). The molecule has 0 saturated heterocycles. The second kappa shape index (κ2) is 7.71. The maximum atomic E-state index is 6.05. The van der Waals surface area contributed by atoms with Gasteiger partial charge in [0.15, 0.2) is 0 Å². The first-order valence-corrected chi connectivity index (χ1v) is 7.38. The number of alkyl halides is 1. The fourth-order valence-electron chi connectivity index (χ4n) is 2.04. The summed E-state index contributed by atoms with van der Waals surface area (Å²) in [7, 11) is 4.21. The zero-order valence-electron chi connectivity index (χ0n) is 12.8. The molecule has 0 atom stereocenters. The second-order valence-electron chi connectivity index (χ2n) is 5.73. The van der Waals surface area contributed by atoms with E-state index in [0.717, 1.165) is 30.9 Å². The predicted molar refractivity (Wildman–Crippen MR) is 84.1 cm³/mol. The SMILES string of the molecule is Cc1cc(N(CCN(C)C)CC(C)C)c(CCl)cn1. The van der Waals surface area contributed by atoms with Gasteiger partial charge in [-0.2, -0.15) is 0 Å². The van der Waals surface area contributed by atoms with E-state index in [1.54, 1.807) is 0 Å². The minimum absolute atomic E-state index is 0.513. The van der Waals surface area contributed by atoms with Gasteiger partial charge in [-0.1, -0.05) is 13.8 Å². The summed E-state index contributed by atoms with van der Waals surface area (Å²) in [6.07, 6.45) is 1.90. The van der Waals surface area contributed by atoms with Gasteiger partial charge >= 0.3 is 0 Å². The molecular formula is C15H26ClN3. The zero-order valence-corrected chi connectivity index (χ0v) is 13.5. The maximum absolute atomic E-state index is 6.05. The molecule has 0 aliphatic heterocycles. The van der Waals surface area contributed by atoms with E-state index < -0.39 is 0 Å². The van der Waals surface area contributed by atoms with Crippen molar-refractivity contribution in [2.75, 3.05) is 38.6 Å². The van der Waals surface area contributed by atoms with Gasteiger partial charge in [-0.15, -0.1) is 11.6 Å². The molecule has 0 aliphatic carbocycles. The number of pyridine rings is 1. The van der Waals surface area contributed by atoms with Crippen molar-refractivity contribution >= 4 is 17.3 Å². The van der Waals surface area contributed by atoms with Crippen LogP contribution >= 0.6 is 11.6 Å². The van der Waals surface area contributed by atoms with Gasteiger partial charge in [0.05, 0.1) is 5.88 Å². The third-order valence-electron chi connectivity index (χ3n) is 2.99. The van der Waals surface area contributed by atoms with E-state index in [1.165, 1.54) is 5.69 Å². The van der Waals surface area contributed by atoms with E-state index in [4.69, 9.17) is 11.6 Å². The maximum Gasteiger partial charge on any atom is 0.0509 e. The van der Waals surface area contributed by atoms with Gasteiger partial charge in [0.1, 0.15) is 0 Å². The number of anilines is 1. The first kappa shape index (κ1) is 16.3. The summed E-state index contributed by atoms with van der Waals surface area (Å²) < 4.78 is 0. The number of aryl methyl sites for hydroxylation is 1. The predicted octanol–water partition coefficient (Wildman–Crippen LogP) is 3.15. The fourth-order valence-corrected chi connectivity index (χ4v) is 2.25. The molecule has 0 amide bonds. The summed E-state index contributed by atoms with van der Waals surface area (Å²) >= 11 is 6.05. The van der Waals surface area contributed by atoms with Crippen LogP contribution < -0.4 is 4.90 Å². The molecule has 19 heavy (non-hydrogen) atoms. The van der Waals surface area contributed by atoms with Crippen LogP contribution in [0.1, 0.15) is 25.1 Å². The highest BCUT2D eigenvalue weighted by Gasteiger charge is 2.13. The summed E-state index contributed by atoms with van der Waals surface area (Å²) in [4.78, 5) is 8.98. The summed E-state index contributed by atoms with van der Waals surface area (Å²) in [5.41, 5.74) is 3.40. The Morgan fingerprint density at radius 1 is 1.26 bits per heavy atom. The van der Waals surface area contributed by atoms with Crippen molar-refractivity contribution in [2.24, 2.45) is 5.92 Å². The van der Waals surface area contributed by atoms with Crippen molar-refractivity contribution < 1.29 is 0 Å². The fraction of sp³-hybridized carbons (Fsp3) is 0.667. The smallest absolute Gasteiger partial charge is 0.0509 e. The first-order valence-electron chi connectivity index (χ1n) is 6.85. The van der Waals surface area contributed by atoms with Crippen molar-refractivity contribution in [2.45, 2.75) is 26.7 Å². The van der Waals surface area contributed by atoms with Crippen molar-refractivity contribution in [1.29, 1.82) is 0 Å². The van der Waals surface area contributed by atoms with Crippen LogP contribution in [-0.4, -0.2) is 43.6 Å². The van der Waals surface area contributed by atoms with Crippen LogP contribution in [-0.2, 0) is 5.88 Å². The number of likely N-dealkylation sites (N-methyl/N-ethyl adjacent to an activating group) is 1. The summed E-state index contributed by atoms with van der Waals surface area (Å²) in [5.74, 6) is 1.14. The standard InChI is InChI=1S/C15H26ClN3/c1-12(2)11-19(7-6-18(4)5)15-8-13(3)17-10-14(15)9-16/h8,10,12H,6-7,9,11H2,1-5H3. The number of hydrogen-bond acceptors (Lipinski definition) is 3. The Labute approximate surface area is 122 Å². The van der Waals surface area contributed by atoms with Gasteiger partial charge in [0.2, 0.25) is 0 Å². The normalized spacial score (nSPS) is 11.4. The van der Waals surface area contributed by atoms with Crippen LogP contribution in [0.4, 0.5) is 5.69 Å². The van der Waals surface area contributed by atoms with Gasteiger partial charge in [-0.25, -0.2) is 0 Å². The molecule has 0 N–H and O–H groups in total. The lowest BCUT2D eigenvalue weighted by Gasteiger charge is -2.29. The van der Waals surface area contributed by atoms with Crippen LogP contribution in [0, 0.1) is 12.8 Å². The molecular weight excluding hydrogens is 258 g/mol. The number of rotatable bonds is 7. The second-order valence-corrected chi connectivity index (χ2v) is 6.00. The van der Waals surface area contributed by atoms with Gasteiger partial charge in [-0.3, -0.25) is 4.98 Å². The molecule has 4 heteroatoms. The van der Waals surface area contributed by atoms with E-state index in [1.807, 2.05) is 13.1 Å². The average Bonchev–Trinajstić information content (AvgIpc) is 2.33. The Kier molecular flexibility index (Phi) is 6.59. The molecule has 0 saturated carbocycles. The van der Waals surface area contributed by atoms with Crippen molar-refractivity contribution in [3.63, 3.8) is 0 Å². The Balaban J connectivity index is 2.97. The number of aromatic nitrogens is 1. The number of nitrogens with zero attached hydrogens (tertiary/aromatic N) is 3. The topological polar surface area (TPSA) is 19.4 Å². The first-order chi connectivity index (χ1) is 8.93. The molecule has 0 aliphatic rings. The Morgan fingerprint density at radius 3 is 2.47 bits per heavy atom. The van der Waals surface area contributed by atoms with Crippen molar-refractivity contribution in [3.8, 4) is 0 Å². The quantitative estimate of drug-likeness (QED) is 0.717. The van der Waals surface area contributed by atoms with E-state index in [0.29, 0.717) is 11.8 Å². The van der Waals surface area contributed by atoms with Crippen LogP contribution in [0.5, 0.6) is 0 Å². The summed E-state index contributed by atoms with van der Waals surface area (Å²) in [6, 6.07) is 2.15. The molecule has 0 radical (unpaired) electrons. The highest BCUT2D eigenvalue weighted by Crippen LogP contribution is 2.23. The average molecular weight is 284 g/mol. The van der Waals surface area contributed by atoms with Crippen LogP contribution in [0.2, 0.25) is 0 Å². The van der Waals surface area contributed by atoms with Gasteiger partial charge in [-0.05, 0) is 33.0 Å². The van der Waals surface area contributed by atoms with E-state index in [9.17, 15) is 0 Å². The molecule has 0 spiro atoms. The lowest BCUT2D eigenvalue weighted by molar-refractivity contribution is 0.409. The Hall–Kier alpha value is -0.800. The summed E-state index contributed by atoms with van der Waals surface area (Å²) in [5, 5.41) is 0. The summed E-state index contributed by atoms with van der Waals surface area (Å²) in [6.45, 7) is 9.62.